The molecule has 248 valence electrons. The molecule has 0 amide bonds. The summed E-state index contributed by atoms with van der Waals surface area (Å²) in [6, 6.07) is 38.0. The summed E-state index contributed by atoms with van der Waals surface area (Å²) in [5.41, 5.74) is 9.62. The predicted octanol–water partition coefficient (Wildman–Crippen LogP) is 8.44. The number of carboxylic acids is 1. The van der Waals surface area contributed by atoms with Crippen LogP contribution in [-0.2, 0) is 25.9 Å². The largest absolute Gasteiger partial charge is 0.478 e. The smallest absolute Gasteiger partial charge is 0.335 e. The van der Waals surface area contributed by atoms with E-state index in [0.717, 1.165) is 67.1 Å². The minimum atomic E-state index is -0.928. The summed E-state index contributed by atoms with van der Waals surface area (Å²) < 4.78 is 0. The van der Waals surface area contributed by atoms with Gasteiger partial charge in [0.25, 0.3) is 0 Å². The number of hydrogen-bond acceptors (Lipinski definition) is 8. The first-order chi connectivity index (χ1) is 24.7. The fourth-order valence-electron chi connectivity index (χ4n) is 5.59. The van der Waals surface area contributed by atoms with Gasteiger partial charge in [0.1, 0.15) is 0 Å². The zero-order valence-corrected chi connectivity index (χ0v) is 28.8. The van der Waals surface area contributed by atoms with Gasteiger partial charge in [-0.2, -0.15) is 0 Å². The van der Waals surface area contributed by atoms with E-state index in [0.29, 0.717) is 6.42 Å². The van der Waals surface area contributed by atoms with Gasteiger partial charge in [-0.25, -0.2) is 4.79 Å². The molecule has 9 nitrogen and oxygen atoms in total. The van der Waals surface area contributed by atoms with Crippen LogP contribution in [0.5, 0.6) is 0 Å². The Bertz CT molecular complexity index is 2260. The van der Waals surface area contributed by atoms with Crippen LogP contribution in [0.15, 0.2) is 164 Å². The molecule has 7 heterocycles. The van der Waals surface area contributed by atoms with E-state index in [2.05, 4.69) is 36.0 Å². The number of fused-ring (bicyclic) bond motifs is 6. The minimum absolute atomic E-state index is 0. The van der Waals surface area contributed by atoms with Gasteiger partial charge in [-0.05, 0) is 90.0 Å². The Hall–Kier alpha value is -6.38. The van der Waals surface area contributed by atoms with Crippen molar-refractivity contribution in [3.05, 3.63) is 175 Å². The zero-order valence-electron chi connectivity index (χ0n) is 27.1. The Morgan fingerprint density at radius 2 is 0.922 bits per heavy atom. The monoisotopic (exact) mass is 753 g/mol. The molecule has 51 heavy (non-hydrogen) atoms. The second-order valence-electron chi connectivity index (χ2n) is 11.1. The van der Waals surface area contributed by atoms with Gasteiger partial charge in [-0.15, -0.1) is 0 Å². The summed E-state index contributed by atoms with van der Waals surface area (Å²) in [4.78, 5) is 41.7. The van der Waals surface area contributed by atoms with Crippen LogP contribution in [0, 0.1) is 0 Å². The molecule has 0 aliphatic carbocycles. The van der Waals surface area contributed by atoms with Crippen molar-refractivity contribution in [3.63, 3.8) is 0 Å². The third-order valence-electron chi connectivity index (χ3n) is 7.95. The SMILES string of the molecule is O=C(O)c1ccc(C2=Nc3c(c4cccnc4c4ncccc34)C2)cc1.[Ru].c1ccc(-c2ccccn2)nc1.c1ccc(-c2ccccn2)nc1. The Labute approximate surface area is 306 Å². The number of aliphatic imine (C=N–C) groups is 1. The van der Waals surface area contributed by atoms with Crippen LogP contribution in [0.25, 0.3) is 44.6 Å². The topological polar surface area (TPSA) is 127 Å². The van der Waals surface area contributed by atoms with Crippen molar-refractivity contribution >= 4 is 39.2 Å². The minimum Gasteiger partial charge on any atom is -0.478 e. The fourth-order valence-corrected chi connectivity index (χ4v) is 5.59. The summed E-state index contributed by atoms with van der Waals surface area (Å²) in [6.07, 6.45) is 11.3. The van der Waals surface area contributed by atoms with Crippen LogP contribution in [0.1, 0.15) is 21.5 Å². The molecule has 1 aliphatic heterocycles. The molecule has 0 fully saturated rings. The number of benzene rings is 2. The van der Waals surface area contributed by atoms with E-state index in [9.17, 15) is 4.79 Å². The molecule has 9 rings (SSSR count). The molecule has 0 spiro atoms. The quantitative estimate of drug-likeness (QED) is 0.140. The first-order valence-corrected chi connectivity index (χ1v) is 15.9. The van der Waals surface area contributed by atoms with Crippen LogP contribution in [0.4, 0.5) is 5.69 Å². The molecular weight excluding hydrogens is 724 g/mol. The van der Waals surface area contributed by atoms with E-state index in [1.165, 1.54) is 0 Å². The second-order valence-corrected chi connectivity index (χ2v) is 11.1. The van der Waals surface area contributed by atoms with Gasteiger partial charge < -0.3 is 5.11 Å². The molecule has 0 unspecified atom stereocenters. The van der Waals surface area contributed by atoms with Crippen molar-refractivity contribution in [1.29, 1.82) is 0 Å². The van der Waals surface area contributed by atoms with Crippen molar-refractivity contribution in [3.8, 4) is 22.8 Å². The van der Waals surface area contributed by atoms with Gasteiger partial charge >= 0.3 is 5.97 Å². The van der Waals surface area contributed by atoms with E-state index in [1.54, 1.807) is 49.3 Å². The van der Waals surface area contributed by atoms with Crippen molar-refractivity contribution in [2.75, 3.05) is 0 Å². The molecule has 1 aliphatic rings. The Kier molecular flexibility index (Phi) is 11.1. The van der Waals surface area contributed by atoms with Crippen LogP contribution >= 0.6 is 0 Å². The Morgan fingerprint density at radius 3 is 1.35 bits per heavy atom. The Balaban J connectivity index is 0.000000149. The number of carboxylic acid groups (broad SMARTS) is 1. The molecule has 0 saturated carbocycles. The van der Waals surface area contributed by atoms with Crippen LogP contribution in [-0.4, -0.2) is 46.7 Å². The molecule has 10 heteroatoms. The number of rotatable bonds is 4. The third-order valence-corrected chi connectivity index (χ3v) is 7.95. The van der Waals surface area contributed by atoms with Crippen LogP contribution in [0.2, 0.25) is 0 Å². The third kappa shape index (κ3) is 7.93. The summed E-state index contributed by atoms with van der Waals surface area (Å²) >= 11 is 0. The number of pyridine rings is 6. The van der Waals surface area contributed by atoms with Gasteiger partial charge in [0.2, 0.25) is 0 Å². The molecule has 0 radical (unpaired) electrons. The molecule has 6 aromatic heterocycles. The zero-order chi connectivity index (χ0) is 34.1. The van der Waals surface area contributed by atoms with Crippen molar-refractivity contribution < 1.29 is 29.4 Å². The molecule has 8 aromatic rings. The first kappa shape index (κ1) is 34.5. The standard InChI is InChI=1S/C21H13N3O2.2C10H8N2.Ru/c25-21(26)13-7-5-12(6-8-13)17-11-16-14-3-1-9-22-19(14)20-15(18(16)24-17)4-2-10-23-20;2*1-3-7-11-9(5-1)10-6-2-4-8-12-10;/h1-10H,11H2,(H,25,26);2*1-8H;. The van der Waals surface area contributed by atoms with Crippen molar-refractivity contribution in [2.45, 2.75) is 6.42 Å². The summed E-state index contributed by atoms with van der Waals surface area (Å²) in [6.45, 7) is 0. The Morgan fingerprint density at radius 1 is 0.490 bits per heavy atom. The van der Waals surface area contributed by atoms with E-state index in [1.807, 2.05) is 103 Å². The van der Waals surface area contributed by atoms with E-state index < -0.39 is 5.97 Å². The molecule has 0 saturated heterocycles. The van der Waals surface area contributed by atoms with E-state index >= 15 is 0 Å². The number of aromatic nitrogens is 6. The first-order valence-electron chi connectivity index (χ1n) is 15.9. The maximum absolute atomic E-state index is 11.1. The average Bonchev–Trinajstić information content (AvgIpc) is 3.66. The normalized spacial score (nSPS) is 11.2. The molecule has 2 aromatic carbocycles. The molecule has 0 atom stereocenters. The molecular formula is C41H29N7O2Ru. The average molecular weight is 753 g/mol. The number of aromatic carboxylic acids is 1. The number of hydrogen-bond donors (Lipinski definition) is 1. The number of carbonyl (C=O) groups is 1. The second kappa shape index (κ2) is 16.3. The predicted molar refractivity (Wildman–Crippen MR) is 195 cm³/mol. The van der Waals surface area contributed by atoms with Crippen LogP contribution < -0.4 is 0 Å². The summed E-state index contributed by atoms with van der Waals surface area (Å²) in [5.74, 6) is -0.928. The van der Waals surface area contributed by atoms with Crippen LogP contribution in [0.3, 0.4) is 0 Å². The van der Waals surface area contributed by atoms with Gasteiger partial charge in [-0.3, -0.25) is 34.9 Å². The van der Waals surface area contributed by atoms with Crippen molar-refractivity contribution in [2.24, 2.45) is 4.99 Å². The maximum atomic E-state index is 11.1. The fraction of sp³-hybridized carbons (Fsp3) is 0.0244. The van der Waals surface area contributed by atoms with E-state index in [4.69, 9.17) is 10.1 Å². The van der Waals surface area contributed by atoms with E-state index in [-0.39, 0.29) is 25.0 Å². The molecule has 1 N–H and O–H groups in total. The summed E-state index contributed by atoms with van der Waals surface area (Å²) in [7, 11) is 0. The van der Waals surface area contributed by atoms with Gasteiger partial charge in [0.05, 0.1) is 50.8 Å². The van der Waals surface area contributed by atoms with Crippen molar-refractivity contribution in [1.82, 2.24) is 29.9 Å². The number of nitrogens with zero attached hydrogens (tertiary/aromatic N) is 7. The molecule has 0 bridgehead atoms. The van der Waals surface area contributed by atoms with Gasteiger partial charge in [0, 0.05) is 73.9 Å². The summed E-state index contributed by atoms with van der Waals surface area (Å²) in [5, 5.41) is 11.1. The van der Waals surface area contributed by atoms with Gasteiger partial charge in [0.15, 0.2) is 0 Å². The van der Waals surface area contributed by atoms with Gasteiger partial charge in [-0.1, -0.05) is 42.5 Å². The maximum Gasteiger partial charge on any atom is 0.335 e.